The fourth-order valence-electron chi connectivity index (χ4n) is 1.72. The second-order valence-electron chi connectivity index (χ2n) is 3.59. The van der Waals surface area contributed by atoms with E-state index in [0.717, 1.165) is 11.1 Å². The van der Waals surface area contributed by atoms with E-state index in [9.17, 15) is 0 Å². The number of hydrogen-bond donors (Lipinski definition) is 2. The second kappa shape index (κ2) is 5.20. The maximum Gasteiger partial charge on any atom is 0.0442 e. The summed E-state index contributed by atoms with van der Waals surface area (Å²) in [7, 11) is 0. The first-order valence-corrected chi connectivity index (χ1v) is 4.55. The van der Waals surface area contributed by atoms with Gasteiger partial charge in [-0.05, 0) is 26.7 Å². The van der Waals surface area contributed by atoms with Crippen LogP contribution in [-0.2, 0) is 0 Å². The number of aliphatic hydroxyl groups excluding tert-OH is 2. The quantitative estimate of drug-likeness (QED) is 0.619. The van der Waals surface area contributed by atoms with Crippen LogP contribution >= 0.6 is 0 Å². The summed E-state index contributed by atoms with van der Waals surface area (Å²) in [6, 6.07) is 0. The molecular formula is C11H20O2. The molecule has 0 heterocycles. The number of allylic oxidation sites excluding steroid dienone is 2. The van der Waals surface area contributed by atoms with Gasteiger partial charge in [0.2, 0.25) is 0 Å². The molecule has 0 aliphatic heterocycles. The molecule has 2 heteroatoms. The lowest BCUT2D eigenvalue weighted by Gasteiger charge is -2.34. The van der Waals surface area contributed by atoms with E-state index in [-0.39, 0.29) is 18.6 Å². The van der Waals surface area contributed by atoms with Crippen LogP contribution in [0.3, 0.4) is 0 Å². The van der Waals surface area contributed by atoms with Crippen molar-refractivity contribution >= 4 is 0 Å². The molecule has 0 radical (unpaired) electrons. The van der Waals surface area contributed by atoms with Gasteiger partial charge in [0.15, 0.2) is 0 Å². The van der Waals surface area contributed by atoms with Crippen molar-refractivity contribution in [2.45, 2.75) is 26.7 Å². The van der Waals surface area contributed by atoms with E-state index in [0.29, 0.717) is 12.8 Å². The normalized spacial score (nSPS) is 11.4. The minimum absolute atomic E-state index is 0.0969. The molecule has 0 aliphatic rings. The Bertz CT molecular complexity index is 172. The van der Waals surface area contributed by atoms with Crippen LogP contribution in [0.4, 0.5) is 0 Å². The average molecular weight is 184 g/mol. The zero-order valence-corrected chi connectivity index (χ0v) is 8.64. The summed E-state index contributed by atoms with van der Waals surface area (Å²) in [5.74, 6) is 0. The van der Waals surface area contributed by atoms with Crippen LogP contribution in [0, 0.1) is 5.41 Å². The van der Waals surface area contributed by atoms with E-state index >= 15 is 0 Å². The van der Waals surface area contributed by atoms with Crippen LogP contribution in [0.15, 0.2) is 24.3 Å². The summed E-state index contributed by atoms with van der Waals surface area (Å²) < 4.78 is 0. The lowest BCUT2D eigenvalue weighted by molar-refractivity contribution is 0.187. The van der Waals surface area contributed by atoms with Gasteiger partial charge >= 0.3 is 0 Å². The molecule has 0 bridgehead atoms. The van der Waals surface area contributed by atoms with Crippen LogP contribution in [-0.4, -0.2) is 23.4 Å². The molecule has 0 saturated carbocycles. The van der Waals surface area contributed by atoms with Crippen molar-refractivity contribution in [2.75, 3.05) is 13.2 Å². The third kappa shape index (κ3) is 2.68. The van der Waals surface area contributed by atoms with Gasteiger partial charge in [0.25, 0.3) is 0 Å². The maximum atomic E-state index is 8.96. The molecule has 0 saturated heterocycles. The second-order valence-corrected chi connectivity index (χ2v) is 3.59. The Balaban J connectivity index is 4.80. The lowest BCUT2D eigenvalue weighted by atomic mass is 9.71. The summed E-state index contributed by atoms with van der Waals surface area (Å²) in [5, 5.41) is 17.9. The van der Waals surface area contributed by atoms with Gasteiger partial charge in [-0.1, -0.05) is 24.3 Å². The van der Waals surface area contributed by atoms with Crippen molar-refractivity contribution in [3.63, 3.8) is 0 Å². The molecule has 0 fully saturated rings. The first-order valence-electron chi connectivity index (χ1n) is 4.55. The summed E-state index contributed by atoms with van der Waals surface area (Å²) >= 11 is 0. The summed E-state index contributed by atoms with van der Waals surface area (Å²) in [6.07, 6.45) is 1.19. The Morgan fingerprint density at radius 3 is 1.46 bits per heavy atom. The zero-order valence-electron chi connectivity index (χ0n) is 8.64. The van der Waals surface area contributed by atoms with E-state index in [1.54, 1.807) is 0 Å². The highest BCUT2D eigenvalue weighted by atomic mass is 16.3. The van der Waals surface area contributed by atoms with Crippen LogP contribution in [0.25, 0.3) is 0 Å². The Morgan fingerprint density at radius 1 is 1.00 bits per heavy atom. The highest BCUT2D eigenvalue weighted by molar-refractivity contribution is 5.23. The largest absolute Gasteiger partial charge is 0.396 e. The summed E-state index contributed by atoms with van der Waals surface area (Å²) in [4.78, 5) is 0. The van der Waals surface area contributed by atoms with Gasteiger partial charge < -0.3 is 10.2 Å². The molecule has 0 aliphatic carbocycles. The first-order chi connectivity index (χ1) is 6.01. The van der Waals surface area contributed by atoms with Gasteiger partial charge in [0, 0.05) is 18.6 Å². The predicted molar refractivity (Wildman–Crippen MR) is 55.5 cm³/mol. The fourth-order valence-corrected chi connectivity index (χ4v) is 1.72. The Kier molecular flexibility index (Phi) is 4.96. The topological polar surface area (TPSA) is 40.5 Å². The highest BCUT2D eigenvalue weighted by Gasteiger charge is 2.30. The molecule has 2 nitrogen and oxygen atoms in total. The first kappa shape index (κ1) is 12.4. The molecule has 0 atom stereocenters. The van der Waals surface area contributed by atoms with Crippen LogP contribution < -0.4 is 0 Å². The molecule has 0 aromatic heterocycles. The smallest absolute Gasteiger partial charge is 0.0442 e. The van der Waals surface area contributed by atoms with E-state index in [4.69, 9.17) is 10.2 Å². The molecule has 76 valence electrons. The Labute approximate surface area is 80.6 Å². The number of aliphatic hydroxyl groups is 2. The van der Waals surface area contributed by atoms with Crippen molar-refractivity contribution in [1.29, 1.82) is 0 Å². The van der Waals surface area contributed by atoms with Crippen molar-refractivity contribution in [1.82, 2.24) is 0 Å². The SMILES string of the molecule is C=C(C)C(CCO)(CCO)C(=C)C. The van der Waals surface area contributed by atoms with Crippen LogP contribution in [0.2, 0.25) is 0 Å². The molecule has 0 aromatic rings. The predicted octanol–water partition coefficient (Wildman–Crippen LogP) is 1.89. The van der Waals surface area contributed by atoms with Gasteiger partial charge in [0.05, 0.1) is 0 Å². The maximum absolute atomic E-state index is 8.96. The van der Waals surface area contributed by atoms with Gasteiger partial charge in [-0.15, -0.1) is 0 Å². The van der Waals surface area contributed by atoms with E-state index in [1.807, 2.05) is 13.8 Å². The van der Waals surface area contributed by atoms with Crippen LogP contribution in [0.1, 0.15) is 26.7 Å². The minimum Gasteiger partial charge on any atom is -0.396 e. The van der Waals surface area contributed by atoms with Gasteiger partial charge in [-0.3, -0.25) is 0 Å². The van der Waals surface area contributed by atoms with E-state index in [1.165, 1.54) is 0 Å². The van der Waals surface area contributed by atoms with Crippen molar-refractivity contribution < 1.29 is 10.2 Å². The number of hydrogen-bond acceptors (Lipinski definition) is 2. The van der Waals surface area contributed by atoms with Crippen molar-refractivity contribution in [3.05, 3.63) is 24.3 Å². The summed E-state index contributed by atoms with van der Waals surface area (Å²) in [6.45, 7) is 11.8. The Hall–Kier alpha value is -0.600. The Morgan fingerprint density at radius 2 is 1.31 bits per heavy atom. The van der Waals surface area contributed by atoms with Crippen LogP contribution in [0.5, 0.6) is 0 Å². The average Bonchev–Trinajstić information content (AvgIpc) is 2.03. The molecular weight excluding hydrogens is 164 g/mol. The zero-order chi connectivity index (χ0) is 10.5. The molecule has 0 spiro atoms. The van der Waals surface area contributed by atoms with Crippen molar-refractivity contribution in [2.24, 2.45) is 5.41 Å². The lowest BCUT2D eigenvalue weighted by Crippen LogP contribution is -2.26. The van der Waals surface area contributed by atoms with Gasteiger partial charge in [0.1, 0.15) is 0 Å². The molecule has 0 aromatic carbocycles. The van der Waals surface area contributed by atoms with Crippen molar-refractivity contribution in [3.8, 4) is 0 Å². The van der Waals surface area contributed by atoms with Gasteiger partial charge in [-0.2, -0.15) is 0 Å². The fraction of sp³-hybridized carbons (Fsp3) is 0.636. The van der Waals surface area contributed by atoms with E-state index in [2.05, 4.69) is 13.2 Å². The minimum atomic E-state index is -0.288. The van der Waals surface area contributed by atoms with E-state index < -0.39 is 0 Å². The summed E-state index contributed by atoms with van der Waals surface area (Å²) in [5.41, 5.74) is 1.63. The highest BCUT2D eigenvalue weighted by Crippen LogP contribution is 2.40. The monoisotopic (exact) mass is 184 g/mol. The third-order valence-electron chi connectivity index (χ3n) is 2.71. The molecule has 0 rings (SSSR count). The molecule has 0 unspecified atom stereocenters. The molecule has 13 heavy (non-hydrogen) atoms. The standard InChI is InChI=1S/C11H20O2/c1-9(2)11(5-7-12,6-8-13)10(3)4/h12-13H,1,3,5-8H2,2,4H3. The third-order valence-corrected chi connectivity index (χ3v) is 2.71. The van der Waals surface area contributed by atoms with Gasteiger partial charge in [-0.25, -0.2) is 0 Å². The molecule has 0 amide bonds. The molecule has 2 N–H and O–H groups in total. The number of rotatable bonds is 6.